The molecule has 6 nitrogen and oxygen atoms in total. The smallest absolute Gasteiger partial charge is 0.410 e. The molecule has 1 aliphatic heterocycles. The van der Waals surface area contributed by atoms with Gasteiger partial charge >= 0.3 is 12.3 Å². The fraction of sp³-hybridized carbons (Fsp3) is 0.500. The van der Waals surface area contributed by atoms with Crippen molar-refractivity contribution in [2.45, 2.75) is 64.5 Å². The van der Waals surface area contributed by atoms with Crippen LogP contribution in [0.2, 0.25) is 0 Å². The number of ether oxygens (including phenoxy) is 2. The average molecular weight is 468 g/mol. The number of piperidine rings is 1. The van der Waals surface area contributed by atoms with Crippen molar-refractivity contribution >= 4 is 17.4 Å². The van der Waals surface area contributed by atoms with Crippen LogP contribution >= 0.6 is 11.3 Å². The number of halogens is 3. The van der Waals surface area contributed by atoms with Gasteiger partial charge in [0.05, 0.1) is 11.6 Å². The van der Waals surface area contributed by atoms with Crippen molar-refractivity contribution in [3.05, 3.63) is 34.8 Å². The van der Waals surface area contributed by atoms with Crippen molar-refractivity contribution in [1.29, 1.82) is 5.26 Å². The molecule has 1 amide bonds. The summed E-state index contributed by atoms with van der Waals surface area (Å²) in [4.78, 5) is 18.4. The number of rotatable bonds is 3. The highest BCUT2D eigenvalue weighted by atomic mass is 32.1. The molecular weight excluding hydrogens is 443 g/mol. The first kappa shape index (κ1) is 23.9. The molecule has 0 radical (unpaired) electrons. The molecule has 32 heavy (non-hydrogen) atoms. The highest BCUT2D eigenvalue weighted by Crippen LogP contribution is 2.36. The number of alkyl halides is 3. The minimum atomic E-state index is -4.63. The number of carbonyl (C=O) groups is 1. The fourth-order valence-corrected chi connectivity index (χ4v) is 4.18. The van der Waals surface area contributed by atoms with Crippen LogP contribution < -0.4 is 4.74 Å². The lowest BCUT2D eigenvalue weighted by Gasteiger charge is -2.40. The molecule has 172 valence electrons. The topological polar surface area (TPSA) is 75.5 Å². The van der Waals surface area contributed by atoms with Gasteiger partial charge < -0.3 is 9.47 Å². The Balaban J connectivity index is 1.80. The van der Waals surface area contributed by atoms with Gasteiger partial charge in [-0.2, -0.15) is 18.4 Å². The maximum Gasteiger partial charge on any atom is 0.410 e. The van der Waals surface area contributed by atoms with E-state index in [0.717, 1.165) is 9.78 Å². The summed E-state index contributed by atoms with van der Waals surface area (Å²) in [5.41, 5.74) is 0.0859. The second-order valence-corrected chi connectivity index (χ2v) is 9.86. The summed E-state index contributed by atoms with van der Waals surface area (Å²) in [7, 11) is 0. The fourth-order valence-electron chi connectivity index (χ4n) is 3.43. The Hall–Kier alpha value is -2.80. The zero-order valence-corrected chi connectivity index (χ0v) is 19.0. The van der Waals surface area contributed by atoms with Crippen LogP contribution in [0.4, 0.5) is 18.0 Å². The van der Waals surface area contributed by atoms with Gasteiger partial charge in [-0.3, -0.25) is 4.90 Å². The van der Waals surface area contributed by atoms with Crippen LogP contribution in [-0.4, -0.2) is 46.4 Å². The number of hydrogen-bond acceptors (Lipinski definition) is 6. The van der Waals surface area contributed by atoms with Gasteiger partial charge in [0.2, 0.25) is 0 Å². The van der Waals surface area contributed by atoms with Crippen LogP contribution in [0.5, 0.6) is 5.75 Å². The highest BCUT2D eigenvalue weighted by Gasteiger charge is 2.50. The number of amides is 1. The van der Waals surface area contributed by atoms with Crippen molar-refractivity contribution in [3.63, 3.8) is 0 Å². The maximum absolute atomic E-state index is 13.7. The Morgan fingerprint density at radius 1 is 1.28 bits per heavy atom. The van der Waals surface area contributed by atoms with E-state index < -0.39 is 36.4 Å². The molecule has 2 atom stereocenters. The first-order valence-corrected chi connectivity index (χ1v) is 10.9. The SMILES string of the molecule is Cc1cnc(-c2cc(C#N)cc(OC3CCN(C(=O)OC(C)(C)C)C(C(F)(F)F)C3)c2)s1. The van der Waals surface area contributed by atoms with Gasteiger partial charge in [0.15, 0.2) is 0 Å². The summed E-state index contributed by atoms with van der Waals surface area (Å²) in [5, 5.41) is 10.0. The quantitative estimate of drug-likeness (QED) is 0.579. The van der Waals surface area contributed by atoms with Crippen molar-refractivity contribution in [2.75, 3.05) is 6.54 Å². The minimum Gasteiger partial charge on any atom is -0.490 e. The van der Waals surface area contributed by atoms with Gasteiger partial charge in [-0.05, 0) is 45.9 Å². The van der Waals surface area contributed by atoms with E-state index in [1.165, 1.54) is 17.4 Å². The third kappa shape index (κ3) is 5.91. The largest absolute Gasteiger partial charge is 0.490 e. The Bertz CT molecular complexity index is 1020. The number of nitriles is 1. The summed E-state index contributed by atoms with van der Waals surface area (Å²) in [6, 6.07) is 4.85. The van der Waals surface area contributed by atoms with Crippen molar-refractivity contribution in [1.82, 2.24) is 9.88 Å². The molecule has 0 N–H and O–H groups in total. The van der Waals surface area contributed by atoms with E-state index in [0.29, 0.717) is 21.9 Å². The first-order valence-electron chi connectivity index (χ1n) is 10.1. The zero-order valence-electron chi connectivity index (χ0n) is 18.2. The molecule has 2 unspecified atom stereocenters. The van der Waals surface area contributed by atoms with E-state index in [2.05, 4.69) is 4.98 Å². The third-order valence-electron chi connectivity index (χ3n) is 4.77. The Morgan fingerprint density at radius 2 is 2.00 bits per heavy atom. The number of benzene rings is 1. The number of nitrogens with zero attached hydrogens (tertiary/aromatic N) is 3. The molecule has 10 heteroatoms. The van der Waals surface area contributed by atoms with Gasteiger partial charge in [0.1, 0.15) is 28.5 Å². The molecule has 2 heterocycles. The van der Waals surface area contributed by atoms with E-state index in [1.54, 1.807) is 39.1 Å². The number of hydrogen-bond donors (Lipinski definition) is 0. The van der Waals surface area contributed by atoms with E-state index in [1.807, 2.05) is 13.0 Å². The summed E-state index contributed by atoms with van der Waals surface area (Å²) in [5.74, 6) is 0.295. The van der Waals surface area contributed by atoms with E-state index in [-0.39, 0.29) is 13.0 Å². The first-order chi connectivity index (χ1) is 14.9. The molecule has 0 bridgehead atoms. The van der Waals surface area contributed by atoms with Crippen LogP contribution in [0.15, 0.2) is 24.4 Å². The number of thiazole rings is 1. The van der Waals surface area contributed by atoms with Gasteiger partial charge in [0, 0.05) is 36.0 Å². The molecule has 0 aliphatic carbocycles. The predicted molar refractivity (Wildman–Crippen MR) is 113 cm³/mol. The lowest BCUT2D eigenvalue weighted by molar-refractivity contribution is -0.194. The van der Waals surface area contributed by atoms with Crippen LogP contribution in [0.3, 0.4) is 0 Å². The van der Waals surface area contributed by atoms with E-state index in [4.69, 9.17) is 9.47 Å². The standard InChI is InChI=1S/C22H24F3N3O3S/c1-13-12-27-19(32-13)15-7-14(11-26)8-17(9-15)30-16-5-6-28(18(10-16)22(23,24)25)20(29)31-21(2,3)4/h7-9,12,16,18H,5-6,10H2,1-4H3. The Morgan fingerprint density at radius 3 is 2.56 bits per heavy atom. The van der Waals surface area contributed by atoms with Gasteiger partial charge in [-0.25, -0.2) is 9.78 Å². The molecule has 1 aromatic carbocycles. The number of carbonyl (C=O) groups excluding carboxylic acids is 1. The number of aryl methyl sites for hydroxylation is 1. The normalized spacial score (nSPS) is 19.4. The molecule has 1 aromatic heterocycles. The molecule has 1 fully saturated rings. The monoisotopic (exact) mass is 467 g/mol. The van der Waals surface area contributed by atoms with Crippen LogP contribution in [0, 0.1) is 18.3 Å². The minimum absolute atomic E-state index is 0.153. The summed E-state index contributed by atoms with van der Waals surface area (Å²) in [6.45, 7) is 6.57. The van der Waals surface area contributed by atoms with Crippen LogP contribution in [0.25, 0.3) is 10.6 Å². The highest BCUT2D eigenvalue weighted by molar-refractivity contribution is 7.14. The summed E-state index contributed by atoms with van der Waals surface area (Å²) in [6.07, 6.45) is -4.91. The zero-order chi connectivity index (χ0) is 23.7. The van der Waals surface area contributed by atoms with Gasteiger partial charge in [-0.15, -0.1) is 11.3 Å². The molecule has 2 aromatic rings. The average Bonchev–Trinajstić information content (AvgIpc) is 3.12. The second-order valence-electron chi connectivity index (χ2n) is 8.63. The molecular formula is C22H24F3N3O3S. The van der Waals surface area contributed by atoms with Crippen molar-refractivity contribution < 1.29 is 27.4 Å². The Labute approximate surface area is 188 Å². The lowest BCUT2D eigenvalue weighted by atomic mass is 9.99. The second kappa shape index (κ2) is 8.98. The predicted octanol–water partition coefficient (Wildman–Crippen LogP) is 5.70. The molecule has 0 saturated carbocycles. The number of aromatic nitrogens is 1. The van der Waals surface area contributed by atoms with Gasteiger partial charge in [0.25, 0.3) is 0 Å². The Kier molecular flexibility index (Phi) is 6.69. The third-order valence-corrected chi connectivity index (χ3v) is 5.73. The molecule has 0 spiro atoms. The molecule has 1 aliphatic rings. The van der Waals surface area contributed by atoms with Crippen molar-refractivity contribution in [3.8, 4) is 22.4 Å². The van der Waals surface area contributed by atoms with Crippen LogP contribution in [-0.2, 0) is 4.74 Å². The van der Waals surface area contributed by atoms with Crippen molar-refractivity contribution in [2.24, 2.45) is 0 Å². The van der Waals surface area contributed by atoms with E-state index >= 15 is 0 Å². The lowest BCUT2D eigenvalue weighted by Crippen LogP contribution is -2.56. The maximum atomic E-state index is 13.7. The molecule has 3 rings (SSSR count). The van der Waals surface area contributed by atoms with Gasteiger partial charge in [-0.1, -0.05) is 0 Å². The van der Waals surface area contributed by atoms with Crippen LogP contribution in [0.1, 0.15) is 44.1 Å². The summed E-state index contributed by atoms with van der Waals surface area (Å²) < 4.78 is 52.3. The summed E-state index contributed by atoms with van der Waals surface area (Å²) >= 11 is 1.44. The van der Waals surface area contributed by atoms with E-state index in [9.17, 15) is 23.2 Å². The number of likely N-dealkylation sites (tertiary alicyclic amines) is 1. The molecule has 1 saturated heterocycles.